The summed E-state index contributed by atoms with van der Waals surface area (Å²) in [6, 6.07) is 9.93. The first-order valence-electron chi connectivity index (χ1n) is 5.32. The fourth-order valence-electron chi connectivity index (χ4n) is 1.22. The third kappa shape index (κ3) is 4.97. The second-order valence-corrected chi connectivity index (χ2v) is 3.74. The van der Waals surface area contributed by atoms with Crippen molar-refractivity contribution >= 4 is 17.8 Å². The van der Waals surface area contributed by atoms with Crippen LogP contribution in [-0.4, -0.2) is 23.3 Å². The third-order valence-electron chi connectivity index (χ3n) is 2.13. The smallest absolute Gasteiger partial charge is 0.351 e. The van der Waals surface area contributed by atoms with Gasteiger partial charge < -0.3 is 10.5 Å². The topological polar surface area (TPSA) is 61.7 Å². The van der Waals surface area contributed by atoms with Gasteiger partial charge in [0.05, 0.1) is 6.54 Å². The van der Waals surface area contributed by atoms with E-state index in [1.54, 1.807) is 0 Å². The van der Waals surface area contributed by atoms with Crippen LogP contribution < -0.4 is 5.43 Å². The number of aliphatic carboxylic acids is 1. The van der Waals surface area contributed by atoms with Gasteiger partial charge in [0.1, 0.15) is 5.71 Å². The Bertz CT molecular complexity index is 436. The van der Waals surface area contributed by atoms with Crippen LogP contribution in [0.1, 0.15) is 19.4 Å². The number of carboxylic acid groups (broad SMARTS) is 1. The number of hydrazone groups is 1. The number of carboxylic acids is 1. The number of hydrogen-bond acceptors (Lipinski definition) is 3. The molecule has 0 aliphatic heterocycles. The zero-order valence-corrected chi connectivity index (χ0v) is 9.97. The van der Waals surface area contributed by atoms with E-state index in [9.17, 15) is 4.79 Å². The minimum Gasteiger partial charge on any atom is -0.477 e. The number of rotatable bonds is 5. The van der Waals surface area contributed by atoms with E-state index in [1.165, 1.54) is 6.92 Å². The summed E-state index contributed by atoms with van der Waals surface area (Å²) in [4.78, 5) is 10.5. The van der Waals surface area contributed by atoms with E-state index in [0.29, 0.717) is 6.54 Å². The van der Waals surface area contributed by atoms with Crippen molar-refractivity contribution in [2.24, 2.45) is 5.10 Å². The standard InChI is InChI=1S/C13H16N2O2/c1-10(8-12-6-4-3-5-7-12)9-14-15-11(2)13(16)17/h3-8,14H,9H2,1-2H3,(H,16,17). The molecule has 1 aromatic rings. The molecule has 0 radical (unpaired) electrons. The molecular formula is C13H16N2O2. The number of nitrogens with one attached hydrogen (secondary N) is 1. The van der Waals surface area contributed by atoms with Crippen LogP contribution in [0.3, 0.4) is 0 Å². The van der Waals surface area contributed by atoms with Gasteiger partial charge in [0, 0.05) is 0 Å². The summed E-state index contributed by atoms with van der Waals surface area (Å²) in [6.07, 6.45) is 2.03. The number of nitrogens with zero attached hydrogens (tertiary/aromatic N) is 1. The van der Waals surface area contributed by atoms with Crippen molar-refractivity contribution in [2.75, 3.05) is 6.54 Å². The summed E-state index contributed by atoms with van der Waals surface area (Å²) >= 11 is 0. The van der Waals surface area contributed by atoms with Gasteiger partial charge in [-0.2, -0.15) is 5.10 Å². The molecule has 4 heteroatoms. The molecule has 0 aromatic heterocycles. The van der Waals surface area contributed by atoms with Gasteiger partial charge in [0.2, 0.25) is 0 Å². The highest BCUT2D eigenvalue weighted by molar-refractivity contribution is 6.34. The van der Waals surface area contributed by atoms with Gasteiger partial charge in [0.25, 0.3) is 0 Å². The molecule has 0 fully saturated rings. The number of hydrogen-bond donors (Lipinski definition) is 2. The van der Waals surface area contributed by atoms with Crippen molar-refractivity contribution in [1.29, 1.82) is 0 Å². The summed E-state index contributed by atoms with van der Waals surface area (Å²) in [7, 11) is 0. The van der Waals surface area contributed by atoms with Crippen molar-refractivity contribution in [2.45, 2.75) is 13.8 Å². The molecule has 0 saturated heterocycles. The van der Waals surface area contributed by atoms with Gasteiger partial charge in [-0.15, -0.1) is 0 Å². The highest BCUT2D eigenvalue weighted by Gasteiger charge is 1.99. The Morgan fingerprint density at radius 2 is 2.00 bits per heavy atom. The molecule has 0 saturated carbocycles. The molecule has 0 aliphatic rings. The zero-order valence-electron chi connectivity index (χ0n) is 9.97. The molecule has 17 heavy (non-hydrogen) atoms. The van der Waals surface area contributed by atoms with Crippen molar-refractivity contribution in [1.82, 2.24) is 5.43 Å². The zero-order chi connectivity index (χ0) is 12.7. The highest BCUT2D eigenvalue weighted by Crippen LogP contribution is 2.04. The average Bonchev–Trinajstić information content (AvgIpc) is 2.30. The Hall–Kier alpha value is -2.10. The molecule has 0 heterocycles. The van der Waals surface area contributed by atoms with Crippen LogP contribution in [0.15, 0.2) is 41.0 Å². The molecule has 90 valence electrons. The molecule has 0 bridgehead atoms. The number of benzene rings is 1. The van der Waals surface area contributed by atoms with Gasteiger partial charge in [-0.05, 0) is 19.4 Å². The van der Waals surface area contributed by atoms with Crippen LogP contribution in [0.5, 0.6) is 0 Å². The third-order valence-corrected chi connectivity index (χ3v) is 2.13. The second-order valence-electron chi connectivity index (χ2n) is 3.74. The minimum atomic E-state index is -1.01. The summed E-state index contributed by atoms with van der Waals surface area (Å²) in [5, 5.41) is 12.3. The highest BCUT2D eigenvalue weighted by atomic mass is 16.4. The van der Waals surface area contributed by atoms with Crippen molar-refractivity contribution in [3.63, 3.8) is 0 Å². The van der Waals surface area contributed by atoms with E-state index < -0.39 is 5.97 Å². The number of carbonyl (C=O) groups is 1. The van der Waals surface area contributed by atoms with E-state index in [2.05, 4.69) is 10.5 Å². The maximum atomic E-state index is 10.5. The maximum absolute atomic E-state index is 10.5. The summed E-state index contributed by atoms with van der Waals surface area (Å²) < 4.78 is 0. The monoisotopic (exact) mass is 232 g/mol. The predicted molar refractivity (Wildman–Crippen MR) is 68.8 cm³/mol. The largest absolute Gasteiger partial charge is 0.477 e. The molecule has 1 aromatic carbocycles. The first-order valence-corrected chi connectivity index (χ1v) is 5.32. The van der Waals surface area contributed by atoms with Crippen molar-refractivity contribution in [3.8, 4) is 0 Å². The normalized spacial score (nSPS) is 12.4. The Balaban J connectivity index is 2.51. The Morgan fingerprint density at radius 1 is 1.35 bits per heavy atom. The first kappa shape index (κ1) is 13.0. The van der Waals surface area contributed by atoms with Crippen LogP contribution >= 0.6 is 0 Å². The SMILES string of the molecule is CC(=Cc1ccccc1)CNN=C(C)C(=O)O. The molecule has 0 aliphatic carbocycles. The Labute approximate surface area is 101 Å². The first-order chi connectivity index (χ1) is 8.09. The van der Waals surface area contributed by atoms with Crippen LogP contribution in [0, 0.1) is 0 Å². The van der Waals surface area contributed by atoms with Gasteiger partial charge in [0.15, 0.2) is 0 Å². The molecule has 1 rings (SSSR count). The molecule has 0 unspecified atom stereocenters. The van der Waals surface area contributed by atoms with E-state index in [-0.39, 0.29) is 5.71 Å². The quantitative estimate of drug-likeness (QED) is 0.604. The van der Waals surface area contributed by atoms with Crippen LogP contribution in [0.4, 0.5) is 0 Å². The summed E-state index contributed by atoms with van der Waals surface area (Å²) in [5.74, 6) is -1.01. The average molecular weight is 232 g/mol. The van der Waals surface area contributed by atoms with E-state index >= 15 is 0 Å². The molecule has 0 amide bonds. The maximum Gasteiger partial charge on any atom is 0.351 e. The van der Waals surface area contributed by atoms with E-state index in [1.807, 2.05) is 43.3 Å². The Morgan fingerprint density at radius 3 is 2.59 bits per heavy atom. The predicted octanol–water partition coefficient (Wildman–Crippen LogP) is 2.14. The van der Waals surface area contributed by atoms with Crippen LogP contribution in [0.25, 0.3) is 6.08 Å². The lowest BCUT2D eigenvalue weighted by atomic mass is 10.1. The van der Waals surface area contributed by atoms with Crippen molar-refractivity contribution < 1.29 is 9.90 Å². The minimum absolute atomic E-state index is 0.0533. The fraction of sp³-hybridized carbons (Fsp3) is 0.231. The van der Waals surface area contributed by atoms with E-state index in [4.69, 9.17) is 5.11 Å². The van der Waals surface area contributed by atoms with Crippen LogP contribution in [-0.2, 0) is 4.79 Å². The van der Waals surface area contributed by atoms with Gasteiger partial charge in [-0.25, -0.2) is 4.79 Å². The molecule has 0 atom stereocenters. The van der Waals surface area contributed by atoms with Gasteiger partial charge in [-0.1, -0.05) is 42.0 Å². The lowest BCUT2D eigenvalue weighted by molar-refractivity contribution is -0.129. The Kier molecular flexibility index (Phi) is 4.94. The molecular weight excluding hydrogens is 216 g/mol. The lowest BCUT2D eigenvalue weighted by Crippen LogP contribution is -2.16. The van der Waals surface area contributed by atoms with Gasteiger partial charge >= 0.3 is 5.97 Å². The lowest BCUT2D eigenvalue weighted by Gasteiger charge is -2.02. The van der Waals surface area contributed by atoms with Crippen molar-refractivity contribution in [3.05, 3.63) is 41.5 Å². The molecule has 0 spiro atoms. The van der Waals surface area contributed by atoms with Gasteiger partial charge in [-0.3, -0.25) is 0 Å². The molecule has 2 N–H and O–H groups in total. The summed E-state index contributed by atoms with van der Waals surface area (Å²) in [6.45, 7) is 3.94. The second kappa shape index (κ2) is 6.48. The van der Waals surface area contributed by atoms with E-state index in [0.717, 1.165) is 11.1 Å². The van der Waals surface area contributed by atoms with Crippen LogP contribution in [0.2, 0.25) is 0 Å². The fourth-order valence-corrected chi connectivity index (χ4v) is 1.22. The molecule has 4 nitrogen and oxygen atoms in total. The summed E-state index contributed by atoms with van der Waals surface area (Å²) in [5.41, 5.74) is 4.98.